The van der Waals surface area contributed by atoms with Gasteiger partial charge in [0.1, 0.15) is 5.75 Å². The fourth-order valence-electron chi connectivity index (χ4n) is 2.86. The lowest BCUT2D eigenvalue weighted by Gasteiger charge is -2.14. The Morgan fingerprint density at radius 2 is 1.67 bits per heavy atom. The second-order valence-corrected chi connectivity index (χ2v) is 8.67. The number of ether oxygens (including phenoxy) is 1. The van der Waals surface area contributed by atoms with E-state index in [9.17, 15) is 14.4 Å². The summed E-state index contributed by atoms with van der Waals surface area (Å²) in [5, 5.41) is 14.3. The number of amides is 2. The fraction of sp³-hybridized carbons (Fsp3) is 0.160. The molecule has 33 heavy (non-hydrogen) atoms. The van der Waals surface area contributed by atoms with Gasteiger partial charge in [-0.05, 0) is 67.9 Å². The third-order valence-corrected chi connectivity index (χ3v) is 5.79. The Kier molecular flexibility index (Phi) is 8.10. The topological polar surface area (TPSA) is 105 Å². The van der Waals surface area contributed by atoms with Gasteiger partial charge in [0.25, 0.3) is 5.91 Å². The Bertz CT molecular complexity index is 1130. The molecule has 3 aromatic carbocycles. The Hall–Kier alpha value is -3.78. The molecule has 1 unspecified atom stereocenters. The molecule has 3 aromatic rings. The lowest BCUT2D eigenvalue weighted by Crippen LogP contribution is -2.23. The summed E-state index contributed by atoms with van der Waals surface area (Å²) in [6.07, 6.45) is 0. The number of aryl methyl sites for hydroxylation is 1. The maximum absolute atomic E-state index is 12.6. The van der Waals surface area contributed by atoms with E-state index < -0.39 is 11.2 Å². The van der Waals surface area contributed by atoms with Crippen LogP contribution in [0.5, 0.6) is 5.75 Å². The molecule has 7 nitrogen and oxygen atoms in total. The summed E-state index contributed by atoms with van der Waals surface area (Å²) in [5.74, 6) is -0.935. The molecule has 170 valence electrons. The molecule has 0 radical (unpaired) electrons. The average molecular weight is 465 g/mol. The second-order valence-electron chi connectivity index (χ2n) is 7.26. The molecule has 0 heterocycles. The zero-order valence-corrected chi connectivity index (χ0v) is 19.0. The molecule has 3 rings (SSSR count). The largest absolute Gasteiger partial charge is 0.484 e. The van der Waals surface area contributed by atoms with Crippen LogP contribution in [0.15, 0.2) is 77.7 Å². The Balaban J connectivity index is 1.51. The molecular formula is C25H24N2O5S. The molecule has 1 atom stereocenters. The Morgan fingerprint density at radius 3 is 2.33 bits per heavy atom. The molecular weight excluding hydrogens is 440 g/mol. The van der Waals surface area contributed by atoms with Crippen LogP contribution in [0.3, 0.4) is 0 Å². The second kappa shape index (κ2) is 11.2. The normalized spacial score (nSPS) is 11.3. The third-order valence-electron chi connectivity index (χ3n) is 4.68. The van der Waals surface area contributed by atoms with Crippen molar-refractivity contribution in [2.75, 3.05) is 17.2 Å². The first-order chi connectivity index (χ1) is 15.8. The van der Waals surface area contributed by atoms with Gasteiger partial charge in [-0.3, -0.25) is 9.59 Å². The van der Waals surface area contributed by atoms with Crippen molar-refractivity contribution in [3.8, 4) is 5.75 Å². The van der Waals surface area contributed by atoms with E-state index in [2.05, 4.69) is 10.6 Å². The van der Waals surface area contributed by atoms with E-state index in [4.69, 9.17) is 9.84 Å². The van der Waals surface area contributed by atoms with Crippen molar-refractivity contribution >= 4 is 40.9 Å². The van der Waals surface area contributed by atoms with Crippen LogP contribution in [0.2, 0.25) is 0 Å². The number of benzene rings is 3. The third kappa shape index (κ3) is 7.11. The number of thioether (sulfide) groups is 1. The number of carbonyl (C=O) groups excluding carboxylic acids is 2. The van der Waals surface area contributed by atoms with Crippen LogP contribution in [0.1, 0.15) is 22.8 Å². The SMILES string of the molecule is Cc1ccc(C(=O)O)cc1NC(=O)C(C)Sc1ccc(NC(=O)COc2ccccc2)cc1. The van der Waals surface area contributed by atoms with Gasteiger partial charge >= 0.3 is 5.97 Å². The number of hydrogen-bond acceptors (Lipinski definition) is 5. The number of hydrogen-bond donors (Lipinski definition) is 3. The molecule has 0 saturated carbocycles. The van der Waals surface area contributed by atoms with E-state index in [1.54, 1.807) is 44.2 Å². The number of aromatic carboxylic acids is 1. The van der Waals surface area contributed by atoms with Crippen molar-refractivity contribution in [2.45, 2.75) is 24.0 Å². The average Bonchev–Trinajstić information content (AvgIpc) is 2.81. The minimum atomic E-state index is -1.05. The quantitative estimate of drug-likeness (QED) is 0.392. The highest BCUT2D eigenvalue weighted by molar-refractivity contribution is 8.00. The van der Waals surface area contributed by atoms with Gasteiger partial charge in [-0.15, -0.1) is 11.8 Å². The van der Waals surface area contributed by atoms with Gasteiger partial charge in [0, 0.05) is 16.3 Å². The number of para-hydroxylation sites is 1. The van der Waals surface area contributed by atoms with Crippen LogP contribution in [0.25, 0.3) is 0 Å². The van der Waals surface area contributed by atoms with Crippen LogP contribution >= 0.6 is 11.8 Å². The van der Waals surface area contributed by atoms with Gasteiger partial charge < -0.3 is 20.5 Å². The Labute approximate surface area is 196 Å². The van der Waals surface area contributed by atoms with Crippen molar-refractivity contribution in [1.82, 2.24) is 0 Å². The van der Waals surface area contributed by atoms with E-state index in [1.807, 2.05) is 30.3 Å². The van der Waals surface area contributed by atoms with Crippen LogP contribution < -0.4 is 15.4 Å². The number of carboxylic acids is 1. The van der Waals surface area contributed by atoms with Crippen LogP contribution in [0.4, 0.5) is 11.4 Å². The minimum Gasteiger partial charge on any atom is -0.484 e. The summed E-state index contributed by atoms with van der Waals surface area (Å²) in [5.41, 5.74) is 1.99. The molecule has 0 fully saturated rings. The molecule has 2 amide bonds. The van der Waals surface area contributed by atoms with E-state index in [0.717, 1.165) is 10.5 Å². The van der Waals surface area contributed by atoms with E-state index in [-0.39, 0.29) is 24.0 Å². The summed E-state index contributed by atoms with van der Waals surface area (Å²) in [6, 6.07) is 20.9. The number of anilines is 2. The first-order valence-electron chi connectivity index (χ1n) is 10.2. The van der Waals surface area contributed by atoms with Gasteiger partial charge in [-0.2, -0.15) is 0 Å². The minimum absolute atomic E-state index is 0.0970. The molecule has 0 aliphatic carbocycles. The van der Waals surface area contributed by atoms with Crippen LogP contribution in [0, 0.1) is 6.92 Å². The highest BCUT2D eigenvalue weighted by Crippen LogP contribution is 2.26. The lowest BCUT2D eigenvalue weighted by molar-refractivity contribution is -0.118. The van der Waals surface area contributed by atoms with Crippen molar-refractivity contribution in [2.24, 2.45) is 0 Å². The maximum atomic E-state index is 12.6. The standard InChI is InChI=1S/C25H24N2O5S/c1-16-8-9-18(25(30)31)14-22(16)27-24(29)17(2)33-21-12-10-19(11-13-21)26-23(28)15-32-20-6-4-3-5-7-20/h3-14,17H,15H2,1-2H3,(H,26,28)(H,27,29)(H,30,31). The zero-order chi connectivity index (χ0) is 23.8. The van der Waals surface area contributed by atoms with Gasteiger partial charge in [0.15, 0.2) is 6.61 Å². The monoisotopic (exact) mass is 464 g/mol. The first kappa shape index (κ1) is 23.9. The predicted octanol–water partition coefficient (Wildman–Crippen LogP) is 4.83. The number of carbonyl (C=O) groups is 3. The van der Waals surface area contributed by atoms with Gasteiger partial charge in [-0.1, -0.05) is 24.3 Å². The maximum Gasteiger partial charge on any atom is 0.335 e. The van der Waals surface area contributed by atoms with Crippen LogP contribution in [-0.2, 0) is 9.59 Å². The van der Waals surface area contributed by atoms with Crippen molar-refractivity contribution in [3.05, 3.63) is 83.9 Å². The number of carboxylic acid groups (broad SMARTS) is 1. The summed E-state index contributed by atoms with van der Waals surface area (Å²) in [6.45, 7) is 3.48. The van der Waals surface area contributed by atoms with E-state index in [0.29, 0.717) is 17.1 Å². The molecule has 8 heteroatoms. The summed E-state index contributed by atoms with van der Waals surface area (Å²) < 4.78 is 5.43. The molecule has 0 bridgehead atoms. The van der Waals surface area contributed by atoms with Crippen LogP contribution in [-0.4, -0.2) is 34.7 Å². The molecule has 0 saturated heterocycles. The molecule has 0 aliphatic rings. The molecule has 0 spiro atoms. The molecule has 0 aromatic heterocycles. The highest BCUT2D eigenvalue weighted by Gasteiger charge is 2.16. The number of nitrogens with one attached hydrogen (secondary N) is 2. The van der Waals surface area contributed by atoms with Crippen molar-refractivity contribution < 1.29 is 24.2 Å². The highest BCUT2D eigenvalue weighted by atomic mass is 32.2. The van der Waals surface area contributed by atoms with Crippen molar-refractivity contribution in [1.29, 1.82) is 0 Å². The van der Waals surface area contributed by atoms with Gasteiger partial charge in [0.05, 0.1) is 10.8 Å². The van der Waals surface area contributed by atoms with E-state index >= 15 is 0 Å². The number of rotatable bonds is 9. The summed E-state index contributed by atoms with van der Waals surface area (Å²) >= 11 is 1.36. The summed E-state index contributed by atoms with van der Waals surface area (Å²) in [7, 11) is 0. The van der Waals surface area contributed by atoms with Gasteiger partial charge in [0.2, 0.25) is 5.91 Å². The van der Waals surface area contributed by atoms with E-state index in [1.165, 1.54) is 23.9 Å². The Morgan fingerprint density at radius 1 is 0.970 bits per heavy atom. The molecule has 3 N–H and O–H groups in total. The van der Waals surface area contributed by atoms with Gasteiger partial charge in [-0.25, -0.2) is 4.79 Å². The molecule has 0 aliphatic heterocycles. The smallest absolute Gasteiger partial charge is 0.335 e. The zero-order valence-electron chi connectivity index (χ0n) is 18.2. The summed E-state index contributed by atoms with van der Waals surface area (Å²) in [4.78, 5) is 36.7. The first-order valence-corrected chi connectivity index (χ1v) is 11.1. The van der Waals surface area contributed by atoms with Crippen molar-refractivity contribution in [3.63, 3.8) is 0 Å². The predicted molar refractivity (Wildman–Crippen MR) is 129 cm³/mol. The lowest BCUT2D eigenvalue weighted by atomic mass is 10.1. The fourth-order valence-corrected chi connectivity index (χ4v) is 3.73.